The van der Waals surface area contributed by atoms with E-state index in [1.165, 1.54) is 17.7 Å². The third-order valence-electron chi connectivity index (χ3n) is 6.05. The molecule has 7 heteroatoms. The lowest BCUT2D eigenvalue weighted by Gasteiger charge is -2.32. The number of amides is 1. The number of piperidine rings is 1. The average Bonchev–Trinajstić information content (AvgIpc) is 2.86. The Balaban J connectivity index is 1.35. The van der Waals surface area contributed by atoms with Crippen LogP contribution in [0.2, 0.25) is 0 Å². The van der Waals surface area contributed by atoms with E-state index in [1.807, 2.05) is 36.4 Å². The monoisotopic (exact) mass is 466 g/mol. The van der Waals surface area contributed by atoms with Crippen LogP contribution in [-0.4, -0.2) is 32.7 Å². The maximum absolute atomic E-state index is 13.4. The molecule has 3 aromatic rings. The largest absolute Gasteiger partial charge is 0.493 e. The summed E-state index contributed by atoms with van der Waals surface area (Å²) in [6, 6.07) is 18.4. The van der Waals surface area contributed by atoms with E-state index in [0.29, 0.717) is 29.4 Å². The zero-order valence-electron chi connectivity index (χ0n) is 19.0. The first kappa shape index (κ1) is 23.7. The Kier molecular flexibility index (Phi) is 7.75. The van der Waals surface area contributed by atoms with Crippen molar-refractivity contribution in [3.05, 3.63) is 95.1 Å². The third kappa shape index (κ3) is 6.11. The molecule has 3 aromatic carbocycles. The molecule has 1 aliphatic rings. The van der Waals surface area contributed by atoms with E-state index in [4.69, 9.17) is 9.47 Å². The van der Waals surface area contributed by atoms with Gasteiger partial charge in [-0.05, 0) is 78.5 Å². The van der Waals surface area contributed by atoms with Crippen molar-refractivity contribution in [3.8, 4) is 11.5 Å². The molecule has 34 heavy (non-hydrogen) atoms. The quantitative estimate of drug-likeness (QED) is 0.506. The first-order chi connectivity index (χ1) is 16.5. The van der Waals surface area contributed by atoms with E-state index in [0.717, 1.165) is 31.3 Å². The maximum Gasteiger partial charge on any atom is 0.251 e. The van der Waals surface area contributed by atoms with Gasteiger partial charge in [-0.3, -0.25) is 4.79 Å². The second-order valence-corrected chi connectivity index (χ2v) is 8.41. The van der Waals surface area contributed by atoms with Crippen LogP contribution in [-0.2, 0) is 6.61 Å². The second kappa shape index (κ2) is 11.1. The third-order valence-corrected chi connectivity index (χ3v) is 6.05. The zero-order valence-corrected chi connectivity index (χ0v) is 19.0. The molecule has 1 aliphatic heterocycles. The Labute approximate surface area is 198 Å². The smallest absolute Gasteiger partial charge is 0.251 e. The van der Waals surface area contributed by atoms with Gasteiger partial charge in [0.1, 0.15) is 29.7 Å². The van der Waals surface area contributed by atoms with E-state index in [1.54, 1.807) is 19.2 Å². The average molecular weight is 467 g/mol. The number of nitrogens with one attached hydrogen (secondary N) is 2. The summed E-state index contributed by atoms with van der Waals surface area (Å²) >= 11 is 0. The molecule has 0 spiro atoms. The molecule has 1 heterocycles. The van der Waals surface area contributed by atoms with Crippen molar-refractivity contribution in [2.75, 3.05) is 26.7 Å². The van der Waals surface area contributed by atoms with Gasteiger partial charge in [0.25, 0.3) is 5.91 Å². The molecule has 0 aromatic heterocycles. The summed E-state index contributed by atoms with van der Waals surface area (Å²) in [5, 5.41) is 6.05. The molecule has 0 bridgehead atoms. The molecular formula is C27H28F2N2O3. The van der Waals surface area contributed by atoms with Crippen molar-refractivity contribution in [2.24, 2.45) is 5.92 Å². The molecule has 5 nitrogen and oxygen atoms in total. The van der Waals surface area contributed by atoms with Crippen molar-refractivity contribution in [1.29, 1.82) is 0 Å². The number of ether oxygens (including phenoxy) is 2. The first-order valence-electron chi connectivity index (χ1n) is 11.3. The van der Waals surface area contributed by atoms with Gasteiger partial charge in [0.15, 0.2) is 0 Å². The summed E-state index contributed by atoms with van der Waals surface area (Å²) in [6.45, 7) is 2.44. The second-order valence-electron chi connectivity index (χ2n) is 8.41. The fourth-order valence-corrected chi connectivity index (χ4v) is 4.26. The van der Waals surface area contributed by atoms with Crippen LogP contribution >= 0.6 is 0 Å². The van der Waals surface area contributed by atoms with Crippen LogP contribution in [0.4, 0.5) is 8.78 Å². The van der Waals surface area contributed by atoms with Gasteiger partial charge in [-0.25, -0.2) is 8.78 Å². The molecule has 2 N–H and O–H groups in total. The van der Waals surface area contributed by atoms with Crippen molar-refractivity contribution >= 4 is 5.91 Å². The standard InChI is InChI=1S/C27H28F2N2O3/c1-30-27(32)20-4-8-25(9-5-20)34-17-21-15-31-11-10-26(21)19-2-6-24(7-3-19)33-16-18-12-22(28)14-23(29)13-18/h2-9,12-14,21,26,31H,10-11,15-17H2,1H3,(H,30,32)/t21-,26-/m0/s1. The first-order valence-corrected chi connectivity index (χ1v) is 11.3. The molecule has 0 radical (unpaired) electrons. The Hall–Kier alpha value is -3.45. The Morgan fingerprint density at radius 2 is 1.62 bits per heavy atom. The number of halogens is 2. The number of hydrogen-bond acceptors (Lipinski definition) is 4. The summed E-state index contributed by atoms with van der Waals surface area (Å²) in [5.41, 5.74) is 2.24. The van der Waals surface area contributed by atoms with Gasteiger partial charge in [-0.1, -0.05) is 12.1 Å². The Morgan fingerprint density at radius 3 is 2.29 bits per heavy atom. The lowest BCUT2D eigenvalue weighted by atomic mass is 9.81. The summed E-state index contributed by atoms with van der Waals surface area (Å²) in [7, 11) is 1.60. The van der Waals surface area contributed by atoms with Gasteiger partial charge in [-0.15, -0.1) is 0 Å². The van der Waals surface area contributed by atoms with Crippen LogP contribution in [0.3, 0.4) is 0 Å². The minimum Gasteiger partial charge on any atom is -0.493 e. The summed E-state index contributed by atoms with van der Waals surface area (Å²) in [4.78, 5) is 11.7. The molecule has 1 fully saturated rings. The highest BCUT2D eigenvalue weighted by molar-refractivity contribution is 5.94. The van der Waals surface area contributed by atoms with Crippen LogP contribution < -0.4 is 20.1 Å². The maximum atomic E-state index is 13.4. The van der Waals surface area contributed by atoms with E-state index in [9.17, 15) is 13.6 Å². The molecule has 0 aliphatic carbocycles. The minimum atomic E-state index is -0.615. The van der Waals surface area contributed by atoms with Gasteiger partial charge in [-0.2, -0.15) is 0 Å². The molecule has 1 saturated heterocycles. The molecular weight excluding hydrogens is 438 g/mol. The molecule has 0 unspecified atom stereocenters. The fourth-order valence-electron chi connectivity index (χ4n) is 4.26. The van der Waals surface area contributed by atoms with Gasteiger partial charge >= 0.3 is 0 Å². The van der Waals surface area contributed by atoms with Crippen LogP contribution in [0.1, 0.15) is 33.8 Å². The predicted molar refractivity (Wildman–Crippen MR) is 126 cm³/mol. The van der Waals surface area contributed by atoms with Crippen molar-refractivity contribution in [3.63, 3.8) is 0 Å². The molecule has 2 atom stereocenters. The van der Waals surface area contributed by atoms with E-state index in [-0.39, 0.29) is 18.4 Å². The predicted octanol–water partition coefficient (Wildman–Crippen LogP) is 4.68. The summed E-state index contributed by atoms with van der Waals surface area (Å²) in [5.74, 6) is 0.637. The molecule has 178 valence electrons. The van der Waals surface area contributed by atoms with Crippen molar-refractivity contribution in [1.82, 2.24) is 10.6 Å². The number of hydrogen-bond donors (Lipinski definition) is 2. The SMILES string of the molecule is CNC(=O)c1ccc(OC[C@@H]2CNCC[C@H]2c2ccc(OCc3cc(F)cc(F)c3)cc2)cc1. The minimum absolute atomic E-state index is 0.0938. The van der Waals surface area contributed by atoms with Gasteiger partial charge < -0.3 is 20.1 Å². The number of rotatable bonds is 8. The summed E-state index contributed by atoms with van der Waals surface area (Å²) < 4.78 is 38.5. The Morgan fingerprint density at radius 1 is 0.971 bits per heavy atom. The normalized spacial score (nSPS) is 17.7. The van der Waals surface area contributed by atoms with Crippen LogP contribution in [0, 0.1) is 17.6 Å². The Bertz CT molecular complexity index is 1080. The van der Waals surface area contributed by atoms with E-state index < -0.39 is 11.6 Å². The lowest BCUT2D eigenvalue weighted by Crippen LogP contribution is -2.38. The van der Waals surface area contributed by atoms with Gasteiger partial charge in [0, 0.05) is 31.1 Å². The van der Waals surface area contributed by atoms with Gasteiger partial charge in [0.2, 0.25) is 0 Å². The van der Waals surface area contributed by atoms with Gasteiger partial charge in [0.05, 0.1) is 6.61 Å². The van der Waals surface area contributed by atoms with Crippen LogP contribution in [0.15, 0.2) is 66.7 Å². The van der Waals surface area contributed by atoms with E-state index in [2.05, 4.69) is 10.6 Å². The number of carbonyl (C=O) groups is 1. The highest BCUT2D eigenvalue weighted by Gasteiger charge is 2.27. The molecule has 1 amide bonds. The zero-order chi connectivity index (χ0) is 23.9. The lowest BCUT2D eigenvalue weighted by molar-refractivity contribution is 0.0963. The van der Waals surface area contributed by atoms with Crippen molar-refractivity contribution in [2.45, 2.75) is 18.9 Å². The fraction of sp³-hybridized carbons (Fsp3) is 0.296. The van der Waals surface area contributed by atoms with Crippen molar-refractivity contribution < 1.29 is 23.0 Å². The molecule has 0 saturated carbocycles. The highest BCUT2D eigenvalue weighted by Crippen LogP contribution is 2.32. The molecule has 4 rings (SSSR count). The van der Waals surface area contributed by atoms with Crippen LogP contribution in [0.5, 0.6) is 11.5 Å². The highest BCUT2D eigenvalue weighted by atomic mass is 19.1. The number of carbonyl (C=O) groups excluding carboxylic acids is 1. The van der Waals surface area contributed by atoms with Crippen LogP contribution in [0.25, 0.3) is 0 Å². The topological polar surface area (TPSA) is 59.6 Å². The van der Waals surface area contributed by atoms with E-state index >= 15 is 0 Å². The summed E-state index contributed by atoms with van der Waals surface area (Å²) in [6.07, 6.45) is 0.992. The number of benzene rings is 3.